The summed E-state index contributed by atoms with van der Waals surface area (Å²) in [5.41, 5.74) is 5.15. The molecule has 6 bridgehead atoms. The zero-order valence-electron chi connectivity index (χ0n) is 42.9. The van der Waals surface area contributed by atoms with Gasteiger partial charge in [-0.1, -0.05) is 39.8 Å². The number of ether oxygens (including phenoxy) is 2. The number of urea groups is 1. The minimum absolute atomic E-state index is 0.0520. The largest absolute Gasteiger partial charge is 0.464 e. The summed E-state index contributed by atoms with van der Waals surface area (Å²) in [7, 11) is 6.92. The van der Waals surface area contributed by atoms with Crippen LogP contribution in [0.25, 0.3) is 33.4 Å². The van der Waals surface area contributed by atoms with Crippen molar-refractivity contribution >= 4 is 52.0 Å². The van der Waals surface area contributed by atoms with E-state index in [1.54, 1.807) is 48.5 Å². The number of thiazole rings is 1. The van der Waals surface area contributed by atoms with E-state index in [0.717, 1.165) is 12.8 Å². The van der Waals surface area contributed by atoms with Crippen LogP contribution in [0.2, 0.25) is 0 Å². The second kappa shape index (κ2) is 21.5. The fraction of sp³-hybridized carbons (Fsp3) is 0.558. The summed E-state index contributed by atoms with van der Waals surface area (Å²) >= 11 is 1.27. The van der Waals surface area contributed by atoms with E-state index in [-0.39, 0.29) is 57.0 Å². The maximum absolute atomic E-state index is 14.7. The number of rotatable bonds is 11. The summed E-state index contributed by atoms with van der Waals surface area (Å²) in [5, 5.41) is 7.18. The number of amides is 5. The first kappa shape index (κ1) is 53.4. The summed E-state index contributed by atoms with van der Waals surface area (Å²) in [4.78, 5) is 87.3. The van der Waals surface area contributed by atoms with E-state index in [1.165, 1.54) is 32.9 Å². The quantitative estimate of drug-likeness (QED) is 0.132. The van der Waals surface area contributed by atoms with Crippen molar-refractivity contribution in [1.29, 1.82) is 0 Å². The number of cyclic esters (lactones) is 1. The number of aromatic nitrogens is 3. The number of halogens is 3. The van der Waals surface area contributed by atoms with Crippen molar-refractivity contribution in [2.24, 2.45) is 11.3 Å². The van der Waals surface area contributed by atoms with Gasteiger partial charge in [-0.15, -0.1) is 11.3 Å². The Hall–Kier alpha value is -5.90. The maximum atomic E-state index is 14.7. The summed E-state index contributed by atoms with van der Waals surface area (Å²) in [6.07, 6.45) is 2.89. The number of nitrogens with zero attached hydrogens (tertiary/aromatic N) is 8. The second-order valence-electron chi connectivity index (χ2n) is 21.2. The third-order valence-corrected chi connectivity index (χ3v) is 15.0. The first-order valence-electron chi connectivity index (χ1n) is 24.9. The standard InChI is InChI=1S/C52H67F3N10O7S/c1-32(2)44(61(7)49(70)62-22-23-64(51(29-62)17-18-51)43(66)14-11-20-60(5)6)46(67)58-38-25-42-57-40(28-73-42)33-15-16-41-35(24-33)36(26-50(3,4)31-72-48(69)37-13-10-21-65(59-37)47(38)68)45(63(41)30-52(53,54)55)34-12-9-19-56-39(34)27-71-8/h9,11-12,14-16,19,24,28,32,37-38,44,59H,10,13,17-18,20-23,25-27,29-31H2,1-8H3,(H,58,67)/b14-11+/t37-,38-,44?/m0/s1. The van der Waals surface area contributed by atoms with E-state index in [4.69, 9.17) is 14.5 Å². The summed E-state index contributed by atoms with van der Waals surface area (Å²) < 4.78 is 56.6. The smallest absolute Gasteiger partial charge is 0.406 e. The Bertz CT molecular complexity index is 2750. The molecule has 3 atom stereocenters. The monoisotopic (exact) mass is 1030 g/mol. The van der Waals surface area contributed by atoms with E-state index in [2.05, 4.69) is 15.7 Å². The number of carbonyl (C=O) groups excluding carboxylic acids is 5. The van der Waals surface area contributed by atoms with Crippen molar-refractivity contribution in [1.82, 2.24) is 49.9 Å². The first-order valence-corrected chi connectivity index (χ1v) is 25.8. The van der Waals surface area contributed by atoms with E-state index < -0.39 is 59.6 Å². The first-order chi connectivity index (χ1) is 34.6. The van der Waals surface area contributed by atoms with Crippen LogP contribution in [0.3, 0.4) is 0 Å². The molecule has 0 radical (unpaired) electrons. The number of benzene rings is 1. The molecule has 1 spiro atoms. The van der Waals surface area contributed by atoms with Gasteiger partial charge in [0.1, 0.15) is 24.7 Å². The predicted octanol–water partition coefficient (Wildman–Crippen LogP) is 6.05. The topological polar surface area (TPSA) is 175 Å². The van der Waals surface area contributed by atoms with Crippen molar-refractivity contribution < 1.29 is 46.6 Å². The van der Waals surface area contributed by atoms with Gasteiger partial charge in [0, 0.05) is 98.4 Å². The Morgan fingerprint density at radius 1 is 1.10 bits per heavy atom. The van der Waals surface area contributed by atoms with Crippen LogP contribution in [0.4, 0.5) is 18.0 Å². The van der Waals surface area contributed by atoms with Crippen LogP contribution in [0, 0.1) is 11.3 Å². The molecule has 2 N–H and O–H groups in total. The van der Waals surface area contributed by atoms with Gasteiger partial charge in [-0.05, 0) is 81.9 Å². The molecule has 4 aliphatic rings. The van der Waals surface area contributed by atoms with Gasteiger partial charge >= 0.3 is 18.2 Å². The lowest BCUT2D eigenvalue weighted by Gasteiger charge is -2.44. The van der Waals surface area contributed by atoms with E-state index in [1.807, 2.05) is 69.1 Å². The highest BCUT2D eigenvalue weighted by Gasteiger charge is 2.54. The average molecular weight is 1030 g/mol. The molecule has 6 heterocycles. The molecular weight excluding hydrogens is 966 g/mol. The number of hydrogen-bond donors (Lipinski definition) is 2. The molecule has 2 saturated heterocycles. The number of pyridine rings is 1. The second-order valence-corrected chi connectivity index (χ2v) is 22.2. The Balaban J connectivity index is 1.12. The lowest BCUT2D eigenvalue weighted by Crippen LogP contribution is -2.64. The maximum Gasteiger partial charge on any atom is 0.406 e. The Labute approximate surface area is 428 Å². The van der Waals surface area contributed by atoms with E-state index in [0.29, 0.717) is 82.2 Å². The molecule has 5 amide bonds. The molecule has 8 rings (SSSR count). The zero-order chi connectivity index (χ0) is 52.6. The van der Waals surface area contributed by atoms with Gasteiger partial charge in [0.05, 0.1) is 40.8 Å². The number of hydrazine groups is 1. The van der Waals surface area contributed by atoms with Gasteiger partial charge in [0.15, 0.2) is 0 Å². The lowest BCUT2D eigenvalue weighted by molar-refractivity contribution is -0.155. The van der Waals surface area contributed by atoms with Crippen LogP contribution in [-0.4, -0.2) is 166 Å². The Kier molecular flexibility index (Phi) is 15.7. The molecule has 3 aliphatic heterocycles. The number of carbonyl (C=O) groups is 5. The van der Waals surface area contributed by atoms with Gasteiger partial charge in [-0.25, -0.2) is 15.2 Å². The van der Waals surface area contributed by atoms with Crippen molar-refractivity contribution in [2.75, 3.05) is 67.6 Å². The van der Waals surface area contributed by atoms with Crippen LogP contribution >= 0.6 is 11.3 Å². The molecule has 394 valence electrons. The fourth-order valence-corrected chi connectivity index (χ4v) is 11.3. The number of esters is 1. The number of hydrogen-bond acceptors (Lipinski definition) is 12. The highest BCUT2D eigenvalue weighted by atomic mass is 32.1. The Morgan fingerprint density at radius 2 is 1.86 bits per heavy atom. The molecule has 1 saturated carbocycles. The highest BCUT2D eigenvalue weighted by molar-refractivity contribution is 7.10. The number of nitrogens with one attached hydrogen (secondary N) is 2. The number of methoxy groups -OCH3 is 1. The molecule has 3 aromatic heterocycles. The van der Waals surface area contributed by atoms with Crippen molar-refractivity contribution in [3.05, 3.63) is 70.3 Å². The van der Waals surface area contributed by atoms with Gasteiger partial charge < -0.3 is 39.0 Å². The molecule has 1 aliphatic carbocycles. The third-order valence-electron chi connectivity index (χ3n) is 14.1. The van der Waals surface area contributed by atoms with Crippen molar-refractivity contribution in [3.63, 3.8) is 0 Å². The fourth-order valence-electron chi connectivity index (χ4n) is 10.5. The van der Waals surface area contributed by atoms with Gasteiger partial charge in [-0.2, -0.15) is 13.2 Å². The minimum atomic E-state index is -4.59. The van der Waals surface area contributed by atoms with Crippen molar-refractivity contribution in [2.45, 2.75) is 109 Å². The molecule has 4 aromatic rings. The number of alkyl halides is 3. The van der Waals surface area contributed by atoms with Crippen LogP contribution < -0.4 is 10.7 Å². The van der Waals surface area contributed by atoms with Crippen LogP contribution in [-0.2, 0) is 54.6 Å². The average Bonchev–Trinajstić information content (AvgIpc) is 3.82. The molecule has 3 fully saturated rings. The van der Waals surface area contributed by atoms with Crippen LogP contribution in [0.5, 0.6) is 0 Å². The zero-order valence-corrected chi connectivity index (χ0v) is 43.7. The van der Waals surface area contributed by atoms with Crippen LogP contribution in [0.15, 0.2) is 54.1 Å². The molecule has 21 heteroatoms. The van der Waals surface area contributed by atoms with Gasteiger partial charge in [0.2, 0.25) is 11.8 Å². The Morgan fingerprint density at radius 3 is 2.56 bits per heavy atom. The SMILES string of the molecule is COCc1ncccc1-c1c2c3cc(ccc3n1CC(F)(F)F)-c1csc(n1)C[C@H](NC(=O)C(C(C)C)N(C)C(=O)N1CCN(C(=O)/C=C/CN(C)C)C3(CC3)C1)C(=O)N1CCC[C@H](N1)C(=O)OCC(C)(C)C2. The summed E-state index contributed by atoms with van der Waals surface area (Å²) in [5.74, 6) is -2.15. The highest BCUT2D eigenvalue weighted by Crippen LogP contribution is 2.45. The molecule has 17 nitrogen and oxygen atoms in total. The molecule has 1 aromatic carbocycles. The van der Waals surface area contributed by atoms with Crippen LogP contribution in [0.1, 0.15) is 69.6 Å². The third kappa shape index (κ3) is 11.9. The normalized spacial score (nSPS) is 20.7. The van der Waals surface area contributed by atoms with E-state index in [9.17, 15) is 37.1 Å². The number of fused-ring (bicyclic) bond motifs is 6. The van der Waals surface area contributed by atoms with Gasteiger partial charge in [0.25, 0.3) is 5.91 Å². The summed E-state index contributed by atoms with van der Waals surface area (Å²) in [6.45, 7) is 7.93. The van der Waals surface area contributed by atoms with Crippen molar-refractivity contribution in [3.8, 4) is 22.5 Å². The van der Waals surface area contributed by atoms with E-state index >= 15 is 0 Å². The minimum Gasteiger partial charge on any atom is -0.464 e. The molecule has 1 unspecified atom stereocenters. The predicted molar refractivity (Wildman–Crippen MR) is 270 cm³/mol. The number of piperazine rings is 1. The number of likely N-dealkylation sites (N-methyl/N-ethyl adjacent to an activating group) is 2. The summed E-state index contributed by atoms with van der Waals surface area (Å²) in [6, 6.07) is 5.14. The molecular formula is C52H67F3N10O7S. The lowest BCUT2D eigenvalue weighted by atomic mass is 9.84. The van der Waals surface area contributed by atoms with Gasteiger partial charge in [-0.3, -0.25) is 29.2 Å². The molecule has 73 heavy (non-hydrogen) atoms.